The van der Waals surface area contributed by atoms with E-state index < -0.39 is 5.54 Å². The van der Waals surface area contributed by atoms with Crippen molar-refractivity contribution >= 4 is 11.8 Å². The molecule has 0 aromatic heterocycles. The van der Waals surface area contributed by atoms with Gasteiger partial charge in [0.1, 0.15) is 0 Å². The number of carbonyl (C=O) groups is 2. The third-order valence-corrected chi connectivity index (χ3v) is 5.26. The molecule has 1 heterocycles. The Labute approximate surface area is 143 Å². The summed E-state index contributed by atoms with van der Waals surface area (Å²) in [6.07, 6.45) is 4.45. The maximum Gasteiger partial charge on any atom is 0.253 e. The Morgan fingerprint density at radius 3 is 2.38 bits per heavy atom. The number of nitrogens with two attached hydrogens (primary N) is 1. The molecule has 5 nitrogen and oxygen atoms in total. The van der Waals surface area contributed by atoms with Gasteiger partial charge in [-0.2, -0.15) is 0 Å². The summed E-state index contributed by atoms with van der Waals surface area (Å²) in [7, 11) is 0. The normalized spacial score (nSPS) is 20.8. The number of hydrogen-bond donors (Lipinski definition) is 1. The third-order valence-electron chi connectivity index (χ3n) is 5.26. The Morgan fingerprint density at radius 1 is 1.00 bits per heavy atom. The molecule has 130 valence electrons. The van der Waals surface area contributed by atoms with Crippen molar-refractivity contribution in [3.05, 3.63) is 35.4 Å². The van der Waals surface area contributed by atoms with Crippen LogP contribution in [0.25, 0.3) is 0 Å². The van der Waals surface area contributed by atoms with Crippen LogP contribution in [0.15, 0.2) is 24.3 Å². The van der Waals surface area contributed by atoms with Gasteiger partial charge < -0.3 is 15.5 Å². The first-order chi connectivity index (χ1) is 11.5. The molecule has 5 heteroatoms. The standard InChI is InChI=1S/C19H27N3O2/c1-15-6-4-7-16(14-15)17(23)21-10-5-11-22(13-12-21)18(24)19(20)8-2-3-9-19/h4,6-7,14H,2-3,5,8-13,20H2,1H3. The second-order valence-corrected chi connectivity index (χ2v) is 7.17. The molecule has 0 unspecified atom stereocenters. The van der Waals surface area contributed by atoms with Crippen LogP contribution >= 0.6 is 0 Å². The van der Waals surface area contributed by atoms with Gasteiger partial charge in [0.25, 0.3) is 5.91 Å². The number of benzene rings is 1. The Bertz CT molecular complexity index is 623. The van der Waals surface area contributed by atoms with Crippen LogP contribution in [0.4, 0.5) is 0 Å². The van der Waals surface area contributed by atoms with Gasteiger partial charge in [-0.15, -0.1) is 0 Å². The average Bonchev–Trinajstić information content (AvgIpc) is 2.88. The minimum absolute atomic E-state index is 0.0522. The summed E-state index contributed by atoms with van der Waals surface area (Å²) >= 11 is 0. The van der Waals surface area contributed by atoms with Gasteiger partial charge in [0.2, 0.25) is 5.91 Å². The van der Waals surface area contributed by atoms with Crippen molar-refractivity contribution in [1.29, 1.82) is 0 Å². The van der Waals surface area contributed by atoms with Crippen molar-refractivity contribution in [2.45, 2.75) is 44.6 Å². The molecule has 2 fully saturated rings. The van der Waals surface area contributed by atoms with E-state index in [-0.39, 0.29) is 11.8 Å². The zero-order valence-corrected chi connectivity index (χ0v) is 14.5. The van der Waals surface area contributed by atoms with E-state index in [2.05, 4.69) is 0 Å². The molecule has 2 N–H and O–H groups in total. The molecule has 1 aromatic rings. The van der Waals surface area contributed by atoms with Crippen LogP contribution in [-0.2, 0) is 4.79 Å². The lowest BCUT2D eigenvalue weighted by Gasteiger charge is -2.30. The fourth-order valence-corrected chi connectivity index (χ4v) is 3.82. The molecule has 0 spiro atoms. The smallest absolute Gasteiger partial charge is 0.253 e. The van der Waals surface area contributed by atoms with Crippen LogP contribution in [-0.4, -0.2) is 53.3 Å². The largest absolute Gasteiger partial charge is 0.339 e. The average molecular weight is 329 g/mol. The molecule has 3 rings (SSSR count). The summed E-state index contributed by atoms with van der Waals surface area (Å²) in [5.41, 5.74) is 7.45. The second kappa shape index (κ2) is 6.93. The van der Waals surface area contributed by atoms with Crippen molar-refractivity contribution in [2.75, 3.05) is 26.2 Å². The fraction of sp³-hybridized carbons (Fsp3) is 0.579. The van der Waals surface area contributed by atoms with Gasteiger partial charge in [0.05, 0.1) is 5.54 Å². The zero-order valence-electron chi connectivity index (χ0n) is 14.5. The van der Waals surface area contributed by atoms with Gasteiger partial charge >= 0.3 is 0 Å². The van der Waals surface area contributed by atoms with E-state index in [1.165, 1.54) is 0 Å². The molecule has 0 bridgehead atoms. The molecule has 1 saturated heterocycles. The number of aryl methyl sites for hydroxylation is 1. The predicted octanol–water partition coefficient (Wildman–Crippen LogP) is 1.94. The summed E-state index contributed by atoms with van der Waals surface area (Å²) in [4.78, 5) is 29.2. The van der Waals surface area contributed by atoms with Crippen LogP contribution in [0.5, 0.6) is 0 Å². The summed E-state index contributed by atoms with van der Waals surface area (Å²) in [6, 6.07) is 7.68. The van der Waals surface area contributed by atoms with Crippen molar-refractivity contribution in [2.24, 2.45) is 5.73 Å². The highest BCUT2D eigenvalue weighted by Crippen LogP contribution is 2.29. The number of carbonyl (C=O) groups excluding carboxylic acids is 2. The highest BCUT2D eigenvalue weighted by molar-refractivity contribution is 5.94. The number of hydrogen-bond acceptors (Lipinski definition) is 3. The van der Waals surface area contributed by atoms with Crippen molar-refractivity contribution in [3.8, 4) is 0 Å². The molecule has 2 aliphatic rings. The fourth-order valence-electron chi connectivity index (χ4n) is 3.82. The molecule has 1 aliphatic carbocycles. The van der Waals surface area contributed by atoms with Crippen molar-refractivity contribution < 1.29 is 9.59 Å². The molecule has 2 amide bonds. The summed E-state index contributed by atoms with van der Waals surface area (Å²) in [5.74, 6) is 0.126. The zero-order chi connectivity index (χ0) is 17.2. The summed E-state index contributed by atoms with van der Waals surface area (Å²) in [5, 5.41) is 0. The molecule has 0 atom stereocenters. The molecular formula is C19H27N3O2. The van der Waals surface area contributed by atoms with E-state index in [0.29, 0.717) is 26.2 Å². The van der Waals surface area contributed by atoms with E-state index in [1.807, 2.05) is 41.0 Å². The monoisotopic (exact) mass is 329 g/mol. The topological polar surface area (TPSA) is 66.6 Å². The van der Waals surface area contributed by atoms with Gasteiger partial charge in [0, 0.05) is 31.7 Å². The van der Waals surface area contributed by atoms with Crippen LogP contribution in [0, 0.1) is 6.92 Å². The van der Waals surface area contributed by atoms with E-state index in [4.69, 9.17) is 5.73 Å². The quantitative estimate of drug-likeness (QED) is 0.902. The second-order valence-electron chi connectivity index (χ2n) is 7.17. The lowest BCUT2D eigenvalue weighted by Crippen LogP contribution is -2.54. The maximum absolute atomic E-state index is 12.8. The van der Waals surface area contributed by atoms with Crippen LogP contribution in [0.1, 0.15) is 48.0 Å². The number of amides is 2. The first-order valence-electron chi connectivity index (χ1n) is 8.94. The number of rotatable bonds is 2. The summed E-state index contributed by atoms with van der Waals surface area (Å²) in [6.45, 7) is 4.52. The molecule has 1 aromatic carbocycles. The van der Waals surface area contributed by atoms with Crippen LogP contribution < -0.4 is 5.73 Å². The maximum atomic E-state index is 12.8. The van der Waals surface area contributed by atoms with Crippen LogP contribution in [0.2, 0.25) is 0 Å². The van der Waals surface area contributed by atoms with Gasteiger partial charge in [-0.3, -0.25) is 9.59 Å². The van der Waals surface area contributed by atoms with Gasteiger partial charge in [-0.1, -0.05) is 30.5 Å². The minimum Gasteiger partial charge on any atom is -0.339 e. The van der Waals surface area contributed by atoms with E-state index in [0.717, 1.165) is 43.2 Å². The third kappa shape index (κ3) is 3.46. The molecular weight excluding hydrogens is 302 g/mol. The van der Waals surface area contributed by atoms with Crippen molar-refractivity contribution in [3.63, 3.8) is 0 Å². The Kier molecular flexibility index (Phi) is 4.90. The Balaban J connectivity index is 1.64. The lowest BCUT2D eigenvalue weighted by molar-refractivity contribution is -0.136. The van der Waals surface area contributed by atoms with E-state index >= 15 is 0 Å². The lowest BCUT2D eigenvalue weighted by atomic mass is 9.97. The first-order valence-corrected chi connectivity index (χ1v) is 8.94. The SMILES string of the molecule is Cc1cccc(C(=O)N2CCCN(C(=O)C3(N)CCCC3)CC2)c1. The summed E-state index contributed by atoms with van der Waals surface area (Å²) < 4.78 is 0. The molecule has 24 heavy (non-hydrogen) atoms. The van der Waals surface area contributed by atoms with Crippen molar-refractivity contribution in [1.82, 2.24) is 9.80 Å². The van der Waals surface area contributed by atoms with Crippen LogP contribution in [0.3, 0.4) is 0 Å². The van der Waals surface area contributed by atoms with Gasteiger partial charge in [0.15, 0.2) is 0 Å². The predicted molar refractivity (Wildman–Crippen MR) is 93.7 cm³/mol. The Hall–Kier alpha value is -1.88. The first kappa shape index (κ1) is 17.0. The minimum atomic E-state index is -0.671. The van der Waals surface area contributed by atoms with Gasteiger partial charge in [-0.05, 0) is 38.3 Å². The number of nitrogens with zero attached hydrogens (tertiary/aromatic N) is 2. The molecule has 0 radical (unpaired) electrons. The molecule has 1 aliphatic heterocycles. The Morgan fingerprint density at radius 2 is 1.67 bits per heavy atom. The van der Waals surface area contributed by atoms with E-state index in [9.17, 15) is 9.59 Å². The highest BCUT2D eigenvalue weighted by Gasteiger charge is 2.40. The highest BCUT2D eigenvalue weighted by atomic mass is 16.2. The van der Waals surface area contributed by atoms with E-state index in [1.54, 1.807) is 0 Å². The van der Waals surface area contributed by atoms with Gasteiger partial charge in [-0.25, -0.2) is 0 Å². The molecule has 1 saturated carbocycles.